The molecule has 1 aliphatic rings. The average Bonchev–Trinajstić information content (AvgIpc) is 2.39. The van der Waals surface area contributed by atoms with Gasteiger partial charge in [-0.1, -0.05) is 12.1 Å². The zero-order valence-corrected chi connectivity index (χ0v) is 11.1. The fourth-order valence-electron chi connectivity index (χ4n) is 2.56. The smallest absolute Gasteiger partial charge is 0.237 e. The van der Waals surface area contributed by atoms with E-state index in [-0.39, 0.29) is 0 Å². The van der Waals surface area contributed by atoms with Crippen molar-refractivity contribution in [1.82, 2.24) is 4.90 Å². The van der Waals surface area contributed by atoms with Crippen LogP contribution in [0.1, 0.15) is 18.4 Å². The Labute approximate surface area is 113 Å². The first-order valence-electron chi connectivity index (χ1n) is 6.46. The van der Waals surface area contributed by atoms with Gasteiger partial charge in [0.15, 0.2) is 0 Å². The second kappa shape index (κ2) is 6.04. The summed E-state index contributed by atoms with van der Waals surface area (Å²) in [4.78, 5) is 13.4. The summed E-state index contributed by atoms with van der Waals surface area (Å²) in [6.07, 6.45) is 0.845. The molecule has 1 fully saturated rings. The normalized spacial score (nSPS) is 24.1. The molecule has 0 bridgehead atoms. The van der Waals surface area contributed by atoms with E-state index in [1.54, 1.807) is 7.11 Å². The molecule has 0 radical (unpaired) electrons. The summed E-state index contributed by atoms with van der Waals surface area (Å²) in [5.74, 6) is 0.342. The number of methoxy groups -OCH3 is 1. The van der Waals surface area contributed by atoms with E-state index < -0.39 is 18.1 Å². The Morgan fingerprint density at radius 2 is 2.16 bits per heavy atom. The second-order valence-electron chi connectivity index (χ2n) is 4.88. The second-order valence-corrected chi connectivity index (χ2v) is 4.88. The predicted octanol–water partition coefficient (Wildman–Crippen LogP) is 0.506. The molecular weight excluding hydrogens is 244 g/mol. The van der Waals surface area contributed by atoms with Crippen molar-refractivity contribution in [3.8, 4) is 5.75 Å². The highest BCUT2D eigenvalue weighted by Gasteiger charge is 2.34. The van der Waals surface area contributed by atoms with Gasteiger partial charge >= 0.3 is 0 Å². The van der Waals surface area contributed by atoms with Gasteiger partial charge in [-0.25, -0.2) is 0 Å². The number of aliphatic hydroxyl groups excluding tert-OH is 1. The molecule has 2 atom stereocenters. The molecule has 5 heteroatoms. The summed E-state index contributed by atoms with van der Waals surface area (Å²) in [5, 5.41) is 9.91. The number of benzene rings is 1. The van der Waals surface area contributed by atoms with Crippen molar-refractivity contribution in [2.75, 3.05) is 13.7 Å². The van der Waals surface area contributed by atoms with Crippen LogP contribution in [-0.4, -0.2) is 41.7 Å². The standard InChI is InChI=1S/C14H20N2O3/c1-19-11-6-4-10(5-7-11)9-16-8-2-3-12(17)13(16)14(15)18/h4-7,12-13,17H,2-3,8-9H2,1H3,(H2,15,18)/t12-,13-/m0/s1. The number of likely N-dealkylation sites (tertiary alicyclic amines) is 1. The number of carbonyl (C=O) groups is 1. The van der Waals surface area contributed by atoms with Crippen molar-refractivity contribution in [1.29, 1.82) is 0 Å². The highest BCUT2D eigenvalue weighted by atomic mass is 16.5. The van der Waals surface area contributed by atoms with Gasteiger partial charge in [-0.15, -0.1) is 0 Å². The molecule has 1 aromatic carbocycles. The van der Waals surface area contributed by atoms with Crippen molar-refractivity contribution in [2.24, 2.45) is 5.73 Å². The molecule has 1 amide bonds. The molecule has 3 N–H and O–H groups in total. The first-order valence-corrected chi connectivity index (χ1v) is 6.46. The van der Waals surface area contributed by atoms with Crippen LogP contribution in [0.3, 0.4) is 0 Å². The number of nitrogens with zero attached hydrogens (tertiary/aromatic N) is 1. The summed E-state index contributed by atoms with van der Waals surface area (Å²) in [7, 11) is 1.62. The first kappa shape index (κ1) is 13.8. The summed E-state index contributed by atoms with van der Waals surface area (Å²) in [5.41, 5.74) is 6.46. The lowest BCUT2D eigenvalue weighted by molar-refractivity contribution is -0.130. The number of hydrogen-bond acceptors (Lipinski definition) is 4. The third-order valence-electron chi connectivity index (χ3n) is 3.54. The van der Waals surface area contributed by atoms with Crippen LogP contribution >= 0.6 is 0 Å². The third-order valence-corrected chi connectivity index (χ3v) is 3.54. The Hall–Kier alpha value is -1.59. The lowest BCUT2D eigenvalue weighted by atomic mass is 9.97. The molecule has 1 heterocycles. The molecule has 0 spiro atoms. The Balaban J connectivity index is 2.08. The number of piperidine rings is 1. The van der Waals surface area contributed by atoms with Crippen molar-refractivity contribution in [3.63, 3.8) is 0 Å². The molecule has 104 valence electrons. The van der Waals surface area contributed by atoms with Gasteiger partial charge in [-0.3, -0.25) is 9.69 Å². The fourth-order valence-corrected chi connectivity index (χ4v) is 2.56. The highest BCUT2D eigenvalue weighted by Crippen LogP contribution is 2.21. The summed E-state index contributed by atoms with van der Waals surface area (Å²) >= 11 is 0. The van der Waals surface area contributed by atoms with Gasteiger partial charge in [0.2, 0.25) is 5.91 Å². The summed E-state index contributed by atoms with van der Waals surface area (Å²) in [6.45, 7) is 1.38. The van der Waals surface area contributed by atoms with E-state index >= 15 is 0 Å². The van der Waals surface area contributed by atoms with E-state index in [9.17, 15) is 9.90 Å². The molecule has 1 aromatic rings. The number of amides is 1. The lowest BCUT2D eigenvalue weighted by Gasteiger charge is -2.37. The highest BCUT2D eigenvalue weighted by molar-refractivity contribution is 5.80. The number of rotatable bonds is 4. The largest absolute Gasteiger partial charge is 0.497 e. The molecule has 2 rings (SSSR count). The topological polar surface area (TPSA) is 75.8 Å². The Kier molecular flexibility index (Phi) is 4.39. The minimum Gasteiger partial charge on any atom is -0.497 e. The van der Waals surface area contributed by atoms with Crippen molar-refractivity contribution in [3.05, 3.63) is 29.8 Å². The Morgan fingerprint density at radius 3 is 2.74 bits per heavy atom. The molecule has 0 unspecified atom stereocenters. The SMILES string of the molecule is COc1ccc(CN2CCC[C@H](O)[C@H]2C(N)=O)cc1. The quantitative estimate of drug-likeness (QED) is 0.830. The van der Waals surface area contributed by atoms with Crippen molar-refractivity contribution in [2.45, 2.75) is 31.5 Å². The molecule has 5 nitrogen and oxygen atoms in total. The zero-order valence-electron chi connectivity index (χ0n) is 11.1. The molecule has 19 heavy (non-hydrogen) atoms. The number of aliphatic hydroxyl groups is 1. The minimum absolute atomic E-state index is 0.458. The number of ether oxygens (including phenoxy) is 1. The van der Waals surface area contributed by atoms with E-state index in [1.807, 2.05) is 29.2 Å². The van der Waals surface area contributed by atoms with Crippen LogP contribution in [0.4, 0.5) is 0 Å². The van der Waals surface area contributed by atoms with Crippen LogP contribution in [0, 0.1) is 0 Å². The van der Waals surface area contributed by atoms with Crippen LogP contribution in [-0.2, 0) is 11.3 Å². The average molecular weight is 264 g/mol. The van der Waals surface area contributed by atoms with Gasteiger partial charge < -0.3 is 15.6 Å². The van der Waals surface area contributed by atoms with Crippen LogP contribution in [0.25, 0.3) is 0 Å². The maximum atomic E-state index is 11.5. The number of carbonyl (C=O) groups excluding carboxylic acids is 1. The molecule has 1 saturated heterocycles. The Morgan fingerprint density at radius 1 is 1.47 bits per heavy atom. The zero-order chi connectivity index (χ0) is 13.8. The third kappa shape index (κ3) is 3.24. The predicted molar refractivity (Wildman–Crippen MR) is 71.6 cm³/mol. The molecule has 1 aliphatic heterocycles. The van der Waals surface area contributed by atoms with Crippen molar-refractivity contribution < 1.29 is 14.6 Å². The van der Waals surface area contributed by atoms with Gasteiger partial charge in [-0.05, 0) is 37.1 Å². The van der Waals surface area contributed by atoms with E-state index in [4.69, 9.17) is 10.5 Å². The minimum atomic E-state index is -0.663. The summed E-state index contributed by atoms with van der Waals surface area (Å²) < 4.78 is 5.11. The fraction of sp³-hybridized carbons (Fsp3) is 0.500. The number of hydrogen-bond donors (Lipinski definition) is 2. The maximum absolute atomic E-state index is 11.5. The Bertz CT molecular complexity index is 433. The molecular formula is C14H20N2O3. The lowest BCUT2D eigenvalue weighted by Crippen LogP contribution is -2.54. The van der Waals surface area contributed by atoms with E-state index in [0.717, 1.165) is 24.3 Å². The molecule has 0 aliphatic carbocycles. The number of primary amides is 1. The van der Waals surface area contributed by atoms with Crippen LogP contribution < -0.4 is 10.5 Å². The van der Waals surface area contributed by atoms with E-state index in [0.29, 0.717) is 13.0 Å². The maximum Gasteiger partial charge on any atom is 0.237 e. The monoisotopic (exact) mass is 264 g/mol. The van der Waals surface area contributed by atoms with E-state index in [2.05, 4.69) is 0 Å². The molecule has 0 saturated carbocycles. The van der Waals surface area contributed by atoms with Crippen LogP contribution in [0.5, 0.6) is 5.75 Å². The van der Waals surface area contributed by atoms with Gasteiger partial charge in [0.1, 0.15) is 11.8 Å². The summed E-state index contributed by atoms with van der Waals surface area (Å²) in [6, 6.07) is 7.09. The van der Waals surface area contributed by atoms with Gasteiger partial charge in [0.05, 0.1) is 13.2 Å². The molecule has 0 aromatic heterocycles. The van der Waals surface area contributed by atoms with Crippen molar-refractivity contribution >= 4 is 5.91 Å². The van der Waals surface area contributed by atoms with Gasteiger partial charge in [-0.2, -0.15) is 0 Å². The number of nitrogens with two attached hydrogens (primary N) is 1. The van der Waals surface area contributed by atoms with Crippen LogP contribution in [0.15, 0.2) is 24.3 Å². The first-order chi connectivity index (χ1) is 9.11. The van der Waals surface area contributed by atoms with Crippen LogP contribution in [0.2, 0.25) is 0 Å². The van der Waals surface area contributed by atoms with Gasteiger partial charge in [0.25, 0.3) is 0 Å². The van der Waals surface area contributed by atoms with E-state index in [1.165, 1.54) is 0 Å². The van der Waals surface area contributed by atoms with Gasteiger partial charge in [0, 0.05) is 6.54 Å².